The molecule has 1 aliphatic carbocycles. The second-order valence-corrected chi connectivity index (χ2v) is 4.27. The summed E-state index contributed by atoms with van der Waals surface area (Å²) >= 11 is 0. The molecule has 2 N–H and O–H groups in total. The third-order valence-electron chi connectivity index (χ3n) is 3.13. The Morgan fingerprint density at radius 3 is 2.89 bits per heavy atom. The number of carbonyl (C=O) groups is 1. The maximum Gasteiger partial charge on any atom is 0.254 e. The highest BCUT2D eigenvalue weighted by Gasteiger charge is 2.31. The fourth-order valence-corrected chi connectivity index (χ4v) is 1.93. The Balaban J connectivity index is 2.01. The molecule has 6 heteroatoms. The number of carbonyl (C=O) groups excluding carboxylic acids is 1. The number of amides is 1. The van der Waals surface area contributed by atoms with E-state index in [0.29, 0.717) is 0 Å². The van der Waals surface area contributed by atoms with Gasteiger partial charge in [-0.25, -0.2) is 9.37 Å². The van der Waals surface area contributed by atoms with E-state index in [0.717, 1.165) is 12.8 Å². The third kappa shape index (κ3) is 2.43. The van der Waals surface area contributed by atoms with Crippen molar-refractivity contribution in [1.29, 1.82) is 0 Å². The van der Waals surface area contributed by atoms with E-state index in [1.165, 1.54) is 12.3 Å². The number of aromatic nitrogens is 1. The number of nitrogens with one attached hydrogen (secondary N) is 2. The number of halogens is 1. The molecule has 0 radical (unpaired) electrons. The number of nitrogens with zero attached hydrogens (tertiary/aromatic N) is 1. The van der Waals surface area contributed by atoms with E-state index in [1.807, 2.05) is 0 Å². The lowest BCUT2D eigenvalue weighted by molar-refractivity contribution is 0.0175. The number of rotatable bonds is 4. The number of anilines is 1. The number of ether oxygens (including phenoxy) is 1. The van der Waals surface area contributed by atoms with Crippen LogP contribution in [0.4, 0.5) is 10.2 Å². The van der Waals surface area contributed by atoms with Crippen molar-refractivity contribution in [3.8, 4) is 0 Å². The molecule has 0 spiro atoms. The van der Waals surface area contributed by atoms with Crippen LogP contribution in [0.25, 0.3) is 0 Å². The van der Waals surface area contributed by atoms with Gasteiger partial charge in [-0.3, -0.25) is 4.79 Å². The van der Waals surface area contributed by atoms with Gasteiger partial charge in [0.1, 0.15) is 0 Å². The summed E-state index contributed by atoms with van der Waals surface area (Å²) in [5.74, 6) is -0.961. The van der Waals surface area contributed by atoms with Crippen molar-refractivity contribution in [2.75, 3.05) is 19.5 Å². The molecule has 5 nitrogen and oxygen atoms in total. The minimum absolute atomic E-state index is 0.00946. The lowest BCUT2D eigenvalue weighted by Gasteiger charge is -2.34. The molecule has 0 aliphatic heterocycles. The van der Waals surface area contributed by atoms with Gasteiger partial charge in [0.15, 0.2) is 11.6 Å². The van der Waals surface area contributed by atoms with Crippen LogP contribution in [0.15, 0.2) is 12.3 Å². The molecular weight excluding hydrogens is 237 g/mol. The fraction of sp³-hybridized carbons (Fsp3) is 0.500. The quantitative estimate of drug-likeness (QED) is 0.845. The Bertz CT molecular complexity index is 447. The van der Waals surface area contributed by atoms with Gasteiger partial charge >= 0.3 is 0 Å². The van der Waals surface area contributed by atoms with Crippen LogP contribution in [0.3, 0.4) is 0 Å². The van der Waals surface area contributed by atoms with Gasteiger partial charge < -0.3 is 15.4 Å². The zero-order valence-electron chi connectivity index (χ0n) is 10.4. The smallest absolute Gasteiger partial charge is 0.254 e. The van der Waals surface area contributed by atoms with E-state index in [2.05, 4.69) is 15.6 Å². The van der Waals surface area contributed by atoms with E-state index >= 15 is 0 Å². The first kappa shape index (κ1) is 12.8. The topological polar surface area (TPSA) is 63.2 Å². The van der Waals surface area contributed by atoms with Gasteiger partial charge in [0.2, 0.25) is 0 Å². The Kier molecular flexibility index (Phi) is 3.76. The monoisotopic (exact) mass is 253 g/mol. The van der Waals surface area contributed by atoms with Crippen LogP contribution in [0.5, 0.6) is 0 Å². The summed E-state index contributed by atoms with van der Waals surface area (Å²) in [7, 11) is 3.20. The lowest BCUT2D eigenvalue weighted by Crippen LogP contribution is -2.47. The molecule has 1 aliphatic rings. The molecular formula is C12H16FN3O2. The van der Waals surface area contributed by atoms with Crippen LogP contribution in [0.1, 0.15) is 23.2 Å². The number of hydrogen-bond donors (Lipinski definition) is 2. The van der Waals surface area contributed by atoms with Gasteiger partial charge in [-0.05, 0) is 18.9 Å². The molecule has 0 unspecified atom stereocenters. The first-order chi connectivity index (χ1) is 8.65. The van der Waals surface area contributed by atoms with Crippen molar-refractivity contribution in [2.45, 2.75) is 25.0 Å². The summed E-state index contributed by atoms with van der Waals surface area (Å²) in [4.78, 5) is 15.7. The van der Waals surface area contributed by atoms with Crippen LogP contribution in [-0.2, 0) is 4.74 Å². The van der Waals surface area contributed by atoms with Crippen molar-refractivity contribution in [3.05, 3.63) is 23.6 Å². The molecule has 2 rings (SSSR count). The highest BCUT2D eigenvalue weighted by atomic mass is 19.1. The van der Waals surface area contributed by atoms with Crippen LogP contribution < -0.4 is 10.6 Å². The first-order valence-electron chi connectivity index (χ1n) is 5.81. The lowest BCUT2D eigenvalue weighted by atomic mass is 9.89. The Hall–Kier alpha value is -1.69. The Morgan fingerprint density at radius 1 is 1.56 bits per heavy atom. The molecule has 1 fully saturated rings. The molecule has 18 heavy (non-hydrogen) atoms. The summed E-state index contributed by atoms with van der Waals surface area (Å²) in [6.07, 6.45) is 3.15. The molecule has 0 bridgehead atoms. The van der Waals surface area contributed by atoms with E-state index < -0.39 is 11.7 Å². The molecule has 1 aromatic rings. The predicted molar refractivity (Wildman–Crippen MR) is 65.0 cm³/mol. The largest absolute Gasteiger partial charge is 0.381 e. The minimum Gasteiger partial charge on any atom is -0.381 e. The second-order valence-electron chi connectivity index (χ2n) is 4.27. The van der Waals surface area contributed by atoms with Crippen molar-refractivity contribution in [3.63, 3.8) is 0 Å². The summed E-state index contributed by atoms with van der Waals surface area (Å²) < 4.78 is 18.9. The summed E-state index contributed by atoms with van der Waals surface area (Å²) in [6.45, 7) is 0. The van der Waals surface area contributed by atoms with Gasteiger partial charge in [0.05, 0.1) is 11.7 Å². The van der Waals surface area contributed by atoms with Gasteiger partial charge in [-0.2, -0.15) is 0 Å². The van der Waals surface area contributed by atoms with Crippen molar-refractivity contribution < 1.29 is 13.9 Å². The van der Waals surface area contributed by atoms with E-state index in [1.54, 1.807) is 14.2 Å². The second kappa shape index (κ2) is 5.30. The maximum atomic E-state index is 13.8. The van der Waals surface area contributed by atoms with Crippen molar-refractivity contribution in [2.24, 2.45) is 0 Å². The van der Waals surface area contributed by atoms with Gasteiger partial charge in [-0.1, -0.05) is 0 Å². The summed E-state index contributed by atoms with van der Waals surface area (Å²) in [5, 5.41) is 5.38. The first-order valence-corrected chi connectivity index (χ1v) is 5.81. The number of pyridine rings is 1. The van der Waals surface area contributed by atoms with Gasteiger partial charge in [0, 0.05) is 26.4 Å². The minimum atomic E-state index is -0.625. The molecule has 1 aromatic heterocycles. The van der Waals surface area contributed by atoms with Crippen LogP contribution in [0.2, 0.25) is 0 Å². The standard InChI is InChI=1S/C12H16FN3O2/c1-14-11-10(13)9(3-4-15-11)12(17)16-7-5-8(6-7)18-2/h3-4,7-8H,5-6H2,1-2H3,(H,14,15)(H,16,17). The van der Waals surface area contributed by atoms with E-state index in [9.17, 15) is 9.18 Å². The molecule has 1 amide bonds. The average Bonchev–Trinajstić information content (AvgIpc) is 2.33. The molecule has 0 saturated heterocycles. The highest BCUT2D eigenvalue weighted by Crippen LogP contribution is 2.23. The average molecular weight is 253 g/mol. The molecule has 98 valence electrons. The van der Waals surface area contributed by atoms with Crippen molar-refractivity contribution >= 4 is 11.7 Å². The fourth-order valence-electron chi connectivity index (χ4n) is 1.93. The summed E-state index contributed by atoms with van der Waals surface area (Å²) in [6, 6.07) is 1.44. The Labute approximate surface area is 105 Å². The van der Waals surface area contributed by atoms with Crippen molar-refractivity contribution in [1.82, 2.24) is 10.3 Å². The zero-order chi connectivity index (χ0) is 13.1. The summed E-state index contributed by atoms with van der Waals surface area (Å²) in [5.41, 5.74) is 0.00946. The molecule has 0 aromatic carbocycles. The molecule has 1 saturated carbocycles. The number of hydrogen-bond acceptors (Lipinski definition) is 4. The molecule has 0 atom stereocenters. The van der Waals surface area contributed by atoms with Gasteiger partial charge in [-0.15, -0.1) is 0 Å². The Morgan fingerprint density at radius 2 is 2.28 bits per heavy atom. The third-order valence-corrected chi connectivity index (χ3v) is 3.13. The highest BCUT2D eigenvalue weighted by molar-refractivity contribution is 5.95. The van der Waals surface area contributed by atoms with Gasteiger partial charge in [0.25, 0.3) is 5.91 Å². The maximum absolute atomic E-state index is 13.8. The SMILES string of the molecule is CNc1nccc(C(=O)NC2CC(OC)C2)c1F. The van der Waals surface area contributed by atoms with Crippen LogP contribution in [0, 0.1) is 5.82 Å². The number of methoxy groups -OCH3 is 1. The predicted octanol–water partition coefficient (Wildman–Crippen LogP) is 1.17. The normalized spacial score (nSPS) is 22.2. The van der Waals surface area contributed by atoms with Crippen LogP contribution in [-0.4, -0.2) is 37.2 Å². The molecule has 1 heterocycles. The van der Waals surface area contributed by atoms with E-state index in [-0.39, 0.29) is 23.5 Å². The zero-order valence-corrected chi connectivity index (χ0v) is 10.4. The van der Waals surface area contributed by atoms with E-state index in [4.69, 9.17) is 4.74 Å². The van der Waals surface area contributed by atoms with Crippen LogP contribution >= 0.6 is 0 Å².